The summed E-state index contributed by atoms with van der Waals surface area (Å²) in [5, 5.41) is 12.4. The lowest BCUT2D eigenvalue weighted by Crippen LogP contribution is -2.10. The Balaban J connectivity index is 1.94. The highest BCUT2D eigenvalue weighted by atomic mass is 16.4. The molecule has 1 aliphatic rings. The second-order valence-corrected chi connectivity index (χ2v) is 5.22. The molecule has 1 aromatic rings. The minimum Gasteiger partial charge on any atom is -0.478 e. The maximum Gasteiger partial charge on any atom is 0.337 e. The summed E-state index contributed by atoms with van der Waals surface area (Å²) in [6.45, 7) is 2.85. The quantitative estimate of drug-likeness (QED) is 0.834. The van der Waals surface area contributed by atoms with E-state index < -0.39 is 5.97 Å². The van der Waals surface area contributed by atoms with Gasteiger partial charge in [0.25, 0.3) is 0 Å². The van der Waals surface area contributed by atoms with Gasteiger partial charge in [-0.15, -0.1) is 0 Å². The molecule has 1 fully saturated rings. The molecule has 0 saturated heterocycles. The van der Waals surface area contributed by atoms with Gasteiger partial charge in [-0.05, 0) is 37.0 Å². The summed E-state index contributed by atoms with van der Waals surface area (Å²) in [5.41, 5.74) is 2.20. The number of benzene rings is 1. The van der Waals surface area contributed by atoms with Crippen molar-refractivity contribution in [3.63, 3.8) is 0 Å². The number of carboxylic acid groups (broad SMARTS) is 1. The minimum absolute atomic E-state index is 0.368. The maximum atomic E-state index is 11.1. The van der Waals surface area contributed by atoms with Crippen molar-refractivity contribution in [3.8, 4) is 0 Å². The zero-order chi connectivity index (χ0) is 13.0. The van der Waals surface area contributed by atoms with Crippen LogP contribution in [0.15, 0.2) is 18.2 Å². The van der Waals surface area contributed by atoms with Crippen molar-refractivity contribution in [2.45, 2.75) is 39.0 Å². The minimum atomic E-state index is -0.863. The standard InChI is InChI=1S/C15H21NO2/c1-11-6-7-13(15(17)18)14(10-11)16-9-8-12-4-2-3-5-12/h6-7,10,12,16H,2-5,8-9H2,1H3,(H,17,18). The third kappa shape index (κ3) is 3.25. The first kappa shape index (κ1) is 12.9. The van der Waals surface area contributed by atoms with E-state index in [4.69, 9.17) is 5.11 Å². The highest BCUT2D eigenvalue weighted by Gasteiger charge is 2.15. The van der Waals surface area contributed by atoms with E-state index in [-0.39, 0.29) is 0 Å². The lowest BCUT2D eigenvalue weighted by molar-refractivity contribution is 0.0698. The lowest BCUT2D eigenvalue weighted by Gasteiger charge is -2.13. The Kier molecular flexibility index (Phi) is 4.24. The molecule has 0 aromatic heterocycles. The molecule has 0 bridgehead atoms. The number of aryl methyl sites for hydroxylation is 1. The summed E-state index contributed by atoms with van der Waals surface area (Å²) in [4.78, 5) is 11.1. The van der Waals surface area contributed by atoms with E-state index in [1.54, 1.807) is 6.07 Å². The Morgan fingerprint density at radius 2 is 2.11 bits per heavy atom. The van der Waals surface area contributed by atoms with Gasteiger partial charge in [-0.1, -0.05) is 31.7 Å². The number of hydrogen-bond donors (Lipinski definition) is 2. The van der Waals surface area contributed by atoms with Crippen LogP contribution in [0, 0.1) is 12.8 Å². The van der Waals surface area contributed by atoms with E-state index in [1.807, 2.05) is 19.1 Å². The van der Waals surface area contributed by atoms with Gasteiger partial charge in [-0.3, -0.25) is 0 Å². The van der Waals surface area contributed by atoms with Gasteiger partial charge >= 0.3 is 5.97 Å². The third-order valence-electron chi connectivity index (χ3n) is 3.75. The van der Waals surface area contributed by atoms with Crippen LogP contribution >= 0.6 is 0 Å². The fourth-order valence-electron chi connectivity index (χ4n) is 2.70. The van der Waals surface area contributed by atoms with Crippen LogP contribution in [-0.2, 0) is 0 Å². The van der Waals surface area contributed by atoms with Crippen molar-refractivity contribution in [2.75, 3.05) is 11.9 Å². The molecule has 0 spiro atoms. The maximum absolute atomic E-state index is 11.1. The Hall–Kier alpha value is -1.51. The summed E-state index contributed by atoms with van der Waals surface area (Å²) < 4.78 is 0. The van der Waals surface area contributed by atoms with Crippen LogP contribution in [0.25, 0.3) is 0 Å². The molecule has 2 N–H and O–H groups in total. The fourth-order valence-corrected chi connectivity index (χ4v) is 2.70. The number of carbonyl (C=O) groups is 1. The number of nitrogens with one attached hydrogen (secondary N) is 1. The summed E-state index contributed by atoms with van der Waals surface area (Å²) in [7, 11) is 0. The van der Waals surface area contributed by atoms with Crippen LogP contribution in [0.5, 0.6) is 0 Å². The molecule has 0 aliphatic heterocycles. The normalized spacial score (nSPS) is 15.8. The van der Waals surface area contributed by atoms with Gasteiger partial charge in [0.15, 0.2) is 0 Å². The molecule has 0 atom stereocenters. The van der Waals surface area contributed by atoms with Crippen LogP contribution in [0.3, 0.4) is 0 Å². The Morgan fingerprint density at radius 1 is 1.39 bits per heavy atom. The van der Waals surface area contributed by atoms with Crippen molar-refractivity contribution in [2.24, 2.45) is 5.92 Å². The van der Waals surface area contributed by atoms with Crippen LogP contribution in [-0.4, -0.2) is 17.6 Å². The van der Waals surface area contributed by atoms with Crippen LogP contribution < -0.4 is 5.32 Å². The molecule has 1 aromatic carbocycles. The van der Waals surface area contributed by atoms with Crippen LogP contribution in [0.4, 0.5) is 5.69 Å². The highest BCUT2D eigenvalue weighted by Crippen LogP contribution is 2.27. The predicted octanol–water partition coefficient (Wildman–Crippen LogP) is 3.69. The van der Waals surface area contributed by atoms with Gasteiger partial charge < -0.3 is 10.4 Å². The summed E-state index contributed by atoms with van der Waals surface area (Å²) in [6, 6.07) is 5.43. The summed E-state index contributed by atoms with van der Waals surface area (Å²) >= 11 is 0. The second kappa shape index (κ2) is 5.89. The van der Waals surface area contributed by atoms with E-state index >= 15 is 0 Å². The monoisotopic (exact) mass is 247 g/mol. The van der Waals surface area contributed by atoms with E-state index in [1.165, 1.54) is 25.7 Å². The van der Waals surface area contributed by atoms with Gasteiger partial charge in [0.05, 0.1) is 5.56 Å². The van der Waals surface area contributed by atoms with Crippen molar-refractivity contribution >= 4 is 11.7 Å². The molecule has 0 amide bonds. The van der Waals surface area contributed by atoms with E-state index in [0.717, 1.165) is 30.1 Å². The van der Waals surface area contributed by atoms with Gasteiger partial charge in [0.2, 0.25) is 0 Å². The molecule has 1 aliphatic carbocycles. The highest BCUT2D eigenvalue weighted by molar-refractivity contribution is 5.94. The largest absolute Gasteiger partial charge is 0.478 e. The fraction of sp³-hybridized carbons (Fsp3) is 0.533. The first-order valence-electron chi connectivity index (χ1n) is 6.74. The number of anilines is 1. The van der Waals surface area contributed by atoms with Crippen molar-refractivity contribution in [3.05, 3.63) is 29.3 Å². The molecule has 0 heterocycles. The summed E-state index contributed by atoms with van der Waals surface area (Å²) in [5.74, 6) is -0.0334. The van der Waals surface area contributed by atoms with E-state index in [0.29, 0.717) is 5.56 Å². The Morgan fingerprint density at radius 3 is 2.78 bits per heavy atom. The number of aromatic carboxylic acids is 1. The molecule has 1 saturated carbocycles. The molecule has 98 valence electrons. The van der Waals surface area contributed by atoms with Crippen molar-refractivity contribution in [1.82, 2.24) is 0 Å². The van der Waals surface area contributed by atoms with Gasteiger partial charge in [-0.25, -0.2) is 4.79 Å². The predicted molar refractivity (Wildman–Crippen MR) is 73.2 cm³/mol. The molecule has 2 rings (SSSR count). The Labute approximate surface area is 108 Å². The topological polar surface area (TPSA) is 49.3 Å². The van der Waals surface area contributed by atoms with Gasteiger partial charge in [-0.2, -0.15) is 0 Å². The first-order chi connectivity index (χ1) is 8.66. The van der Waals surface area contributed by atoms with Crippen molar-refractivity contribution < 1.29 is 9.90 Å². The van der Waals surface area contributed by atoms with Crippen molar-refractivity contribution in [1.29, 1.82) is 0 Å². The molecule has 18 heavy (non-hydrogen) atoms. The summed E-state index contributed by atoms with van der Waals surface area (Å²) in [6.07, 6.45) is 6.53. The number of carboxylic acids is 1. The average Bonchev–Trinajstić information content (AvgIpc) is 2.82. The van der Waals surface area contributed by atoms with Crippen LogP contribution in [0.1, 0.15) is 48.0 Å². The zero-order valence-corrected chi connectivity index (χ0v) is 10.9. The van der Waals surface area contributed by atoms with E-state index in [9.17, 15) is 4.79 Å². The van der Waals surface area contributed by atoms with E-state index in [2.05, 4.69) is 5.32 Å². The SMILES string of the molecule is Cc1ccc(C(=O)O)c(NCCC2CCCC2)c1. The number of hydrogen-bond acceptors (Lipinski definition) is 2. The molecule has 3 heteroatoms. The molecule has 0 unspecified atom stereocenters. The second-order valence-electron chi connectivity index (χ2n) is 5.22. The first-order valence-corrected chi connectivity index (χ1v) is 6.74. The molecule has 3 nitrogen and oxygen atoms in total. The smallest absolute Gasteiger partial charge is 0.337 e. The Bertz CT molecular complexity index is 423. The third-order valence-corrected chi connectivity index (χ3v) is 3.75. The van der Waals surface area contributed by atoms with Gasteiger partial charge in [0, 0.05) is 12.2 Å². The van der Waals surface area contributed by atoms with Crippen LogP contribution in [0.2, 0.25) is 0 Å². The lowest BCUT2D eigenvalue weighted by atomic mass is 10.0. The number of rotatable bonds is 5. The molecule has 0 radical (unpaired) electrons. The zero-order valence-electron chi connectivity index (χ0n) is 10.9. The molecular formula is C15H21NO2. The average molecular weight is 247 g/mol. The molecular weight excluding hydrogens is 226 g/mol. The van der Waals surface area contributed by atoms with Gasteiger partial charge in [0.1, 0.15) is 0 Å².